The van der Waals surface area contributed by atoms with Crippen molar-refractivity contribution >= 4 is 11.8 Å². The highest BCUT2D eigenvalue weighted by Gasteiger charge is 2.28. The minimum absolute atomic E-state index is 0.143. The van der Waals surface area contributed by atoms with E-state index in [2.05, 4.69) is 15.6 Å². The van der Waals surface area contributed by atoms with Crippen LogP contribution in [0, 0.1) is 0 Å². The smallest absolute Gasteiger partial charge is 0.287 e. The third kappa shape index (κ3) is 4.44. The number of nitrogens with zero attached hydrogens (tertiary/aromatic N) is 2. The molecule has 1 fully saturated rings. The molecule has 0 saturated heterocycles. The van der Waals surface area contributed by atoms with E-state index in [1.165, 1.54) is 12.8 Å². The van der Waals surface area contributed by atoms with Crippen LogP contribution in [0.2, 0.25) is 0 Å². The van der Waals surface area contributed by atoms with Gasteiger partial charge in [-0.05, 0) is 32.1 Å². The minimum Gasteiger partial charge on any atom is -0.383 e. The van der Waals surface area contributed by atoms with Crippen molar-refractivity contribution < 1.29 is 14.3 Å². The normalized spacial score (nSPS) is 18.0. The number of carbonyl (C=O) groups is 2. The Morgan fingerprint density at radius 3 is 2.62 bits per heavy atom. The summed E-state index contributed by atoms with van der Waals surface area (Å²) >= 11 is 0. The highest BCUT2D eigenvalue weighted by Crippen LogP contribution is 2.22. The number of amides is 2. The van der Waals surface area contributed by atoms with Gasteiger partial charge in [0.2, 0.25) is 0 Å². The third-order valence-electron chi connectivity index (χ3n) is 5.32. The van der Waals surface area contributed by atoms with Gasteiger partial charge in [0.25, 0.3) is 11.8 Å². The maximum atomic E-state index is 12.8. The summed E-state index contributed by atoms with van der Waals surface area (Å²) in [5, 5.41) is 5.98. The monoisotopic (exact) mass is 362 g/mol. The van der Waals surface area contributed by atoms with Gasteiger partial charge in [0.05, 0.1) is 12.3 Å². The van der Waals surface area contributed by atoms with Crippen molar-refractivity contribution in [1.82, 2.24) is 20.2 Å². The molecule has 0 atom stereocenters. The SMILES string of the molecule is COCCNC(=O)c1nc(C(=O)NC2CCCCCC2)n2c1CCCC2. The molecule has 26 heavy (non-hydrogen) atoms. The van der Waals surface area contributed by atoms with Crippen LogP contribution in [0.3, 0.4) is 0 Å². The van der Waals surface area contributed by atoms with E-state index in [9.17, 15) is 9.59 Å². The molecule has 7 heteroatoms. The van der Waals surface area contributed by atoms with Crippen molar-refractivity contribution in [2.24, 2.45) is 0 Å². The second-order valence-electron chi connectivity index (χ2n) is 7.25. The van der Waals surface area contributed by atoms with Crippen molar-refractivity contribution in [3.63, 3.8) is 0 Å². The number of hydrogen-bond donors (Lipinski definition) is 2. The van der Waals surface area contributed by atoms with E-state index < -0.39 is 0 Å². The van der Waals surface area contributed by atoms with Crippen LogP contribution in [0.1, 0.15) is 78.2 Å². The Labute approximate surface area is 154 Å². The molecule has 3 rings (SSSR count). The lowest BCUT2D eigenvalue weighted by molar-refractivity contribution is 0.0917. The Morgan fingerprint density at radius 2 is 1.88 bits per heavy atom. The first-order valence-corrected chi connectivity index (χ1v) is 9.88. The van der Waals surface area contributed by atoms with E-state index >= 15 is 0 Å². The number of hydrogen-bond acceptors (Lipinski definition) is 4. The van der Waals surface area contributed by atoms with Crippen LogP contribution in [0.25, 0.3) is 0 Å². The number of fused-ring (bicyclic) bond motifs is 1. The van der Waals surface area contributed by atoms with Gasteiger partial charge in [-0.3, -0.25) is 9.59 Å². The highest BCUT2D eigenvalue weighted by atomic mass is 16.5. The first kappa shape index (κ1) is 18.9. The average Bonchev–Trinajstić information content (AvgIpc) is 2.85. The molecule has 2 aliphatic rings. The number of nitrogens with one attached hydrogen (secondary N) is 2. The van der Waals surface area contributed by atoms with Gasteiger partial charge in [-0.25, -0.2) is 4.98 Å². The Bertz CT molecular complexity index is 633. The Balaban J connectivity index is 1.75. The van der Waals surface area contributed by atoms with E-state index in [0.29, 0.717) is 24.7 Å². The lowest BCUT2D eigenvalue weighted by Crippen LogP contribution is -2.36. The van der Waals surface area contributed by atoms with E-state index in [1.807, 2.05) is 4.57 Å². The van der Waals surface area contributed by atoms with Crippen LogP contribution in [-0.2, 0) is 17.7 Å². The van der Waals surface area contributed by atoms with E-state index in [0.717, 1.165) is 57.2 Å². The molecule has 2 N–H and O–H groups in total. The molecule has 0 unspecified atom stereocenters. The molecule has 2 heterocycles. The zero-order valence-electron chi connectivity index (χ0n) is 15.7. The lowest BCUT2D eigenvalue weighted by atomic mass is 10.1. The average molecular weight is 362 g/mol. The topological polar surface area (TPSA) is 85.2 Å². The standard InChI is InChI=1S/C19H30N4O3/c1-26-13-11-20-18(24)16-15-10-6-7-12-23(15)17(22-16)19(25)21-14-8-4-2-3-5-9-14/h14H,2-13H2,1H3,(H,20,24)(H,21,25). The fourth-order valence-electron chi connectivity index (χ4n) is 3.92. The molecule has 1 aliphatic carbocycles. The summed E-state index contributed by atoms with van der Waals surface area (Å²) in [4.78, 5) is 29.8. The van der Waals surface area contributed by atoms with Crippen molar-refractivity contribution in [1.29, 1.82) is 0 Å². The van der Waals surface area contributed by atoms with Gasteiger partial charge in [0.15, 0.2) is 5.82 Å². The van der Waals surface area contributed by atoms with Crippen LogP contribution in [0.5, 0.6) is 0 Å². The molecule has 7 nitrogen and oxygen atoms in total. The minimum atomic E-state index is -0.221. The van der Waals surface area contributed by atoms with Gasteiger partial charge in [0, 0.05) is 26.2 Å². The summed E-state index contributed by atoms with van der Waals surface area (Å²) in [6.07, 6.45) is 9.71. The van der Waals surface area contributed by atoms with Gasteiger partial charge < -0.3 is 19.9 Å². The molecular formula is C19H30N4O3. The van der Waals surface area contributed by atoms with Gasteiger partial charge in [-0.1, -0.05) is 25.7 Å². The number of aromatic nitrogens is 2. The zero-order chi connectivity index (χ0) is 18.4. The second-order valence-corrected chi connectivity index (χ2v) is 7.25. The van der Waals surface area contributed by atoms with Crippen molar-refractivity contribution in [3.8, 4) is 0 Å². The number of methoxy groups -OCH3 is 1. The van der Waals surface area contributed by atoms with Gasteiger partial charge in [-0.15, -0.1) is 0 Å². The first-order valence-electron chi connectivity index (χ1n) is 9.88. The fourth-order valence-corrected chi connectivity index (χ4v) is 3.92. The Morgan fingerprint density at radius 1 is 1.12 bits per heavy atom. The van der Waals surface area contributed by atoms with Gasteiger partial charge >= 0.3 is 0 Å². The van der Waals surface area contributed by atoms with E-state index in [1.54, 1.807) is 7.11 Å². The fraction of sp³-hybridized carbons (Fsp3) is 0.737. The van der Waals surface area contributed by atoms with Crippen molar-refractivity contribution in [2.45, 2.75) is 70.4 Å². The first-order chi connectivity index (χ1) is 12.7. The summed E-state index contributed by atoms with van der Waals surface area (Å²) in [6, 6.07) is 0.223. The summed E-state index contributed by atoms with van der Waals surface area (Å²) in [5.74, 6) is 0.0260. The molecule has 144 valence electrons. The van der Waals surface area contributed by atoms with Crippen LogP contribution in [0.4, 0.5) is 0 Å². The van der Waals surface area contributed by atoms with Crippen molar-refractivity contribution in [3.05, 3.63) is 17.2 Å². The van der Waals surface area contributed by atoms with E-state index in [-0.39, 0.29) is 17.9 Å². The molecule has 0 spiro atoms. The second kappa shape index (κ2) is 9.16. The van der Waals surface area contributed by atoms with Crippen LogP contribution < -0.4 is 10.6 Å². The summed E-state index contributed by atoms with van der Waals surface area (Å²) in [6.45, 7) is 1.64. The Kier molecular flexibility index (Phi) is 6.66. The molecular weight excluding hydrogens is 332 g/mol. The molecule has 2 amide bonds. The van der Waals surface area contributed by atoms with Gasteiger partial charge in [0.1, 0.15) is 5.69 Å². The number of ether oxygens (including phenoxy) is 1. The van der Waals surface area contributed by atoms with Crippen LogP contribution in [-0.4, -0.2) is 47.7 Å². The molecule has 1 aromatic heterocycles. The summed E-state index contributed by atoms with van der Waals surface area (Å²) in [7, 11) is 1.60. The molecule has 0 radical (unpaired) electrons. The van der Waals surface area contributed by atoms with Gasteiger partial charge in [-0.2, -0.15) is 0 Å². The predicted molar refractivity (Wildman–Crippen MR) is 98.3 cm³/mol. The van der Waals surface area contributed by atoms with Crippen LogP contribution >= 0.6 is 0 Å². The Hall–Kier alpha value is -1.89. The quantitative estimate of drug-likeness (QED) is 0.599. The highest BCUT2D eigenvalue weighted by molar-refractivity contribution is 5.97. The number of imidazole rings is 1. The summed E-state index contributed by atoms with van der Waals surface area (Å²) in [5.41, 5.74) is 1.28. The number of rotatable bonds is 6. The largest absolute Gasteiger partial charge is 0.383 e. The van der Waals surface area contributed by atoms with Crippen LogP contribution in [0.15, 0.2) is 0 Å². The molecule has 0 bridgehead atoms. The van der Waals surface area contributed by atoms with E-state index in [4.69, 9.17) is 4.74 Å². The maximum absolute atomic E-state index is 12.8. The maximum Gasteiger partial charge on any atom is 0.287 e. The van der Waals surface area contributed by atoms with Crippen molar-refractivity contribution in [2.75, 3.05) is 20.3 Å². The molecule has 1 saturated carbocycles. The molecule has 0 aromatic carbocycles. The predicted octanol–water partition coefficient (Wildman–Crippen LogP) is 2.05. The third-order valence-corrected chi connectivity index (χ3v) is 5.32. The summed E-state index contributed by atoms with van der Waals surface area (Å²) < 4.78 is 6.92. The lowest BCUT2D eigenvalue weighted by Gasteiger charge is -2.19. The molecule has 1 aromatic rings. The molecule has 1 aliphatic heterocycles. The number of carbonyl (C=O) groups excluding carboxylic acids is 2. The zero-order valence-corrected chi connectivity index (χ0v) is 15.7.